The summed E-state index contributed by atoms with van der Waals surface area (Å²) in [6.07, 6.45) is -5.79. The molecule has 1 heterocycles. The highest BCUT2D eigenvalue weighted by Gasteiger charge is 2.39. The van der Waals surface area contributed by atoms with E-state index in [4.69, 9.17) is 14.2 Å². The van der Waals surface area contributed by atoms with Crippen molar-refractivity contribution in [1.29, 1.82) is 0 Å². The van der Waals surface area contributed by atoms with E-state index in [1.165, 1.54) is 6.07 Å². The van der Waals surface area contributed by atoms with E-state index in [1.54, 1.807) is 44.2 Å². The number of benzene rings is 2. The topological polar surface area (TPSA) is 65.0 Å². The number of carboxylic acids is 1. The Morgan fingerprint density at radius 1 is 1.24 bits per heavy atom. The Bertz CT molecular complexity index is 864. The van der Waals surface area contributed by atoms with Crippen molar-refractivity contribution in [3.8, 4) is 11.5 Å². The summed E-state index contributed by atoms with van der Waals surface area (Å²) in [5.74, 6) is -1.47. The predicted molar refractivity (Wildman–Crippen MR) is 97.9 cm³/mol. The van der Waals surface area contributed by atoms with E-state index in [0.717, 1.165) is 6.07 Å². The molecule has 1 unspecified atom stereocenters. The van der Waals surface area contributed by atoms with Crippen molar-refractivity contribution in [3.63, 3.8) is 0 Å². The fraction of sp³-hybridized carbons (Fsp3) is 0.381. The second-order valence-electron chi connectivity index (χ2n) is 6.71. The fourth-order valence-electron chi connectivity index (χ4n) is 3.28. The quantitative estimate of drug-likeness (QED) is 0.695. The average molecular weight is 410 g/mol. The van der Waals surface area contributed by atoms with Crippen LogP contribution in [0.25, 0.3) is 0 Å². The third kappa shape index (κ3) is 4.48. The number of carboxylic acid groups (broad SMARTS) is 1. The Labute approximate surface area is 166 Å². The van der Waals surface area contributed by atoms with Gasteiger partial charge in [-0.1, -0.05) is 24.3 Å². The molecule has 29 heavy (non-hydrogen) atoms. The number of hydrogen-bond donors (Lipinski definition) is 1. The zero-order chi connectivity index (χ0) is 21.2. The third-order valence-electron chi connectivity index (χ3n) is 4.75. The standard InChI is InChI=1S/C21H21F3O5/c1-3-27-18(12(2)20(25)26)13-7-9-14(10-8-13)29-17-11-28-19-15(17)5-4-6-16(19)21(22,23)24/h4-10,12,17-18H,3,11H2,1-2H3,(H,25,26)/t12?,17-,18+/m1/s1. The molecule has 0 aromatic heterocycles. The van der Waals surface area contributed by atoms with Gasteiger partial charge in [-0.15, -0.1) is 0 Å². The molecule has 2 aromatic carbocycles. The molecule has 3 atom stereocenters. The minimum absolute atomic E-state index is 0.0260. The fourth-order valence-corrected chi connectivity index (χ4v) is 3.28. The highest BCUT2D eigenvalue weighted by Crippen LogP contribution is 2.44. The van der Waals surface area contributed by atoms with E-state index in [9.17, 15) is 23.1 Å². The van der Waals surface area contributed by atoms with Crippen molar-refractivity contribution >= 4 is 5.97 Å². The van der Waals surface area contributed by atoms with Crippen LogP contribution in [0.1, 0.15) is 42.7 Å². The lowest BCUT2D eigenvalue weighted by molar-refractivity contribution is -0.146. The van der Waals surface area contributed by atoms with Crippen molar-refractivity contribution in [2.45, 2.75) is 32.2 Å². The van der Waals surface area contributed by atoms with Gasteiger partial charge < -0.3 is 19.3 Å². The number of ether oxygens (including phenoxy) is 3. The molecule has 0 saturated heterocycles. The number of hydrogen-bond acceptors (Lipinski definition) is 4. The van der Waals surface area contributed by atoms with Gasteiger partial charge >= 0.3 is 12.1 Å². The molecule has 0 aliphatic carbocycles. The maximum absolute atomic E-state index is 13.1. The molecule has 3 rings (SSSR count). The van der Waals surface area contributed by atoms with Crippen LogP contribution in [0.2, 0.25) is 0 Å². The first kappa shape index (κ1) is 21.0. The van der Waals surface area contributed by atoms with Crippen molar-refractivity contribution in [2.75, 3.05) is 13.2 Å². The first-order valence-electron chi connectivity index (χ1n) is 9.16. The van der Waals surface area contributed by atoms with Crippen LogP contribution in [0.15, 0.2) is 42.5 Å². The molecule has 0 bridgehead atoms. The zero-order valence-electron chi connectivity index (χ0n) is 15.9. The van der Waals surface area contributed by atoms with Gasteiger partial charge in [-0.2, -0.15) is 13.2 Å². The lowest BCUT2D eigenvalue weighted by atomic mass is 9.97. The number of para-hydroxylation sites is 1. The Morgan fingerprint density at radius 2 is 1.93 bits per heavy atom. The molecule has 2 aromatic rings. The molecule has 0 radical (unpaired) electrons. The van der Waals surface area contributed by atoms with Crippen molar-refractivity contribution in [1.82, 2.24) is 0 Å². The molecule has 1 aliphatic heterocycles. The summed E-state index contributed by atoms with van der Waals surface area (Å²) in [5.41, 5.74) is 0.200. The Morgan fingerprint density at radius 3 is 2.52 bits per heavy atom. The number of aliphatic carboxylic acids is 1. The zero-order valence-corrected chi connectivity index (χ0v) is 15.9. The minimum Gasteiger partial charge on any atom is -0.488 e. The van der Waals surface area contributed by atoms with E-state index in [2.05, 4.69) is 0 Å². The van der Waals surface area contributed by atoms with Crippen LogP contribution in [-0.2, 0) is 15.7 Å². The van der Waals surface area contributed by atoms with Crippen LogP contribution >= 0.6 is 0 Å². The molecule has 0 amide bonds. The summed E-state index contributed by atoms with van der Waals surface area (Å²) in [6.45, 7) is 3.68. The SMILES string of the molecule is CCO[C@H](c1ccc(O[C@@H]2COc3c2cccc3C(F)(F)F)cc1)C(C)C(=O)O. The number of alkyl halides is 3. The second kappa shape index (κ2) is 8.32. The van der Waals surface area contributed by atoms with Crippen LogP contribution in [-0.4, -0.2) is 24.3 Å². The molecule has 0 spiro atoms. The molecule has 8 heteroatoms. The van der Waals surface area contributed by atoms with E-state index >= 15 is 0 Å². The molecule has 0 saturated carbocycles. The van der Waals surface area contributed by atoms with Gasteiger partial charge in [-0.25, -0.2) is 0 Å². The molecule has 1 aliphatic rings. The summed E-state index contributed by atoms with van der Waals surface area (Å²) in [6, 6.07) is 10.5. The molecule has 0 fully saturated rings. The van der Waals surface area contributed by atoms with Gasteiger partial charge in [0.15, 0.2) is 6.10 Å². The van der Waals surface area contributed by atoms with Gasteiger partial charge in [0.1, 0.15) is 18.1 Å². The second-order valence-corrected chi connectivity index (χ2v) is 6.71. The van der Waals surface area contributed by atoms with Crippen LogP contribution in [0, 0.1) is 5.92 Å². The van der Waals surface area contributed by atoms with Gasteiger partial charge in [-0.05, 0) is 37.6 Å². The van der Waals surface area contributed by atoms with E-state index in [0.29, 0.717) is 23.5 Å². The lowest BCUT2D eigenvalue weighted by Gasteiger charge is -2.22. The van der Waals surface area contributed by atoms with Crippen LogP contribution in [0.5, 0.6) is 11.5 Å². The van der Waals surface area contributed by atoms with Gasteiger partial charge in [0.2, 0.25) is 0 Å². The smallest absolute Gasteiger partial charge is 0.419 e. The monoisotopic (exact) mass is 410 g/mol. The Hall–Kier alpha value is -2.74. The predicted octanol–water partition coefficient (Wildman–Crippen LogP) is 5.02. The highest BCUT2D eigenvalue weighted by molar-refractivity contribution is 5.70. The third-order valence-corrected chi connectivity index (χ3v) is 4.75. The molecule has 156 valence electrons. The van der Waals surface area contributed by atoms with Gasteiger partial charge in [-0.3, -0.25) is 4.79 Å². The van der Waals surface area contributed by atoms with Crippen LogP contribution < -0.4 is 9.47 Å². The van der Waals surface area contributed by atoms with Gasteiger partial charge in [0.25, 0.3) is 0 Å². The normalized spacial score (nSPS) is 17.9. The maximum Gasteiger partial charge on any atom is 0.419 e. The molecule has 5 nitrogen and oxygen atoms in total. The molecule has 1 N–H and O–H groups in total. The first-order valence-corrected chi connectivity index (χ1v) is 9.16. The summed E-state index contributed by atoms with van der Waals surface area (Å²) >= 11 is 0. The minimum atomic E-state index is -4.50. The summed E-state index contributed by atoms with van der Waals surface area (Å²) in [4.78, 5) is 11.3. The first-order chi connectivity index (χ1) is 13.7. The number of halogens is 3. The van der Waals surface area contributed by atoms with Gasteiger partial charge in [0, 0.05) is 12.2 Å². The number of fused-ring (bicyclic) bond motifs is 1. The van der Waals surface area contributed by atoms with Crippen molar-refractivity contribution in [3.05, 3.63) is 59.2 Å². The van der Waals surface area contributed by atoms with Crippen molar-refractivity contribution < 1.29 is 37.3 Å². The van der Waals surface area contributed by atoms with E-state index in [1.807, 2.05) is 0 Å². The van der Waals surface area contributed by atoms with Crippen molar-refractivity contribution in [2.24, 2.45) is 5.92 Å². The van der Waals surface area contributed by atoms with E-state index < -0.39 is 35.8 Å². The van der Waals surface area contributed by atoms with Crippen LogP contribution in [0.3, 0.4) is 0 Å². The highest BCUT2D eigenvalue weighted by atomic mass is 19.4. The summed E-state index contributed by atoms with van der Waals surface area (Å²) in [7, 11) is 0. The molecular weight excluding hydrogens is 389 g/mol. The Balaban J connectivity index is 1.78. The lowest BCUT2D eigenvalue weighted by Crippen LogP contribution is -2.21. The largest absolute Gasteiger partial charge is 0.488 e. The maximum atomic E-state index is 13.1. The van der Waals surface area contributed by atoms with Crippen LogP contribution in [0.4, 0.5) is 13.2 Å². The Kier molecular flexibility index (Phi) is 6.02. The number of rotatable bonds is 7. The average Bonchev–Trinajstić information content (AvgIpc) is 3.08. The summed E-state index contributed by atoms with van der Waals surface area (Å²) < 4.78 is 56.0. The number of carbonyl (C=O) groups is 1. The van der Waals surface area contributed by atoms with Gasteiger partial charge in [0.05, 0.1) is 17.6 Å². The summed E-state index contributed by atoms with van der Waals surface area (Å²) in [5, 5.41) is 9.26. The molecular formula is C21H21F3O5. The van der Waals surface area contributed by atoms with E-state index in [-0.39, 0.29) is 12.4 Å².